The minimum absolute atomic E-state index is 0.00136. The molecule has 1 N–H and O–H groups in total. The van der Waals surface area contributed by atoms with Crippen LogP contribution in [-0.4, -0.2) is 50.9 Å². The number of benzene rings is 3. The summed E-state index contributed by atoms with van der Waals surface area (Å²) in [5.41, 5.74) is 2.11. The number of amides is 2. The van der Waals surface area contributed by atoms with Crippen LogP contribution >= 0.6 is 11.6 Å². The summed E-state index contributed by atoms with van der Waals surface area (Å²) >= 11 is 6.09. The molecule has 1 saturated carbocycles. The van der Waals surface area contributed by atoms with Gasteiger partial charge >= 0.3 is 0 Å². The van der Waals surface area contributed by atoms with Crippen molar-refractivity contribution >= 4 is 39.1 Å². The third-order valence-electron chi connectivity index (χ3n) is 7.51. The van der Waals surface area contributed by atoms with Crippen LogP contribution in [0.5, 0.6) is 5.75 Å². The van der Waals surface area contributed by atoms with E-state index in [1.165, 1.54) is 24.1 Å². The van der Waals surface area contributed by atoms with Crippen LogP contribution in [0.3, 0.4) is 0 Å². The van der Waals surface area contributed by atoms with Crippen molar-refractivity contribution < 1.29 is 22.7 Å². The predicted molar refractivity (Wildman–Crippen MR) is 161 cm³/mol. The minimum atomic E-state index is -4.18. The Morgan fingerprint density at radius 3 is 2.24 bits per heavy atom. The molecule has 10 heteroatoms. The fourth-order valence-corrected chi connectivity index (χ4v) is 6.50. The van der Waals surface area contributed by atoms with Crippen LogP contribution in [-0.2, 0) is 26.2 Å². The van der Waals surface area contributed by atoms with Gasteiger partial charge in [-0.25, -0.2) is 8.42 Å². The van der Waals surface area contributed by atoms with Crippen LogP contribution in [0.15, 0.2) is 77.7 Å². The number of aryl methyl sites for hydroxylation is 1. The van der Waals surface area contributed by atoms with Crippen molar-refractivity contribution in [3.05, 3.63) is 88.9 Å². The first kappa shape index (κ1) is 30.4. The topological polar surface area (TPSA) is 96.0 Å². The van der Waals surface area contributed by atoms with Gasteiger partial charge in [0.2, 0.25) is 11.8 Å². The maximum atomic E-state index is 14.1. The average Bonchev–Trinajstić information content (AvgIpc) is 3.48. The lowest BCUT2D eigenvalue weighted by Crippen LogP contribution is -2.52. The van der Waals surface area contributed by atoms with Gasteiger partial charge in [0, 0.05) is 17.6 Å². The highest BCUT2D eigenvalue weighted by Crippen LogP contribution is 2.27. The zero-order valence-corrected chi connectivity index (χ0v) is 25.1. The molecule has 4 rings (SSSR count). The van der Waals surface area contributed by atoms with Crippen LogP contribution < -0.4 is 14.4 Å². The number of hydrogen-bond acceptors (Lipinski definition) is 5. The lowest BCUT2D eigenvalue weighted by atomic mass is 10.1. The number of halogens is 1. The molecule has 8 nitrogen and oxygen atoms in total. The molecule has 0 radical (unpaired) electrons. The van der Waals surface area contributed by atoms with Gasteiger partial charge in [0.1, 0.15) is 18.3 Å². The normalized spacial score (nSPS) is 14.3. The van der Waals surface area contributed by atoms with Crippen LogP contribution in [0.25, 0.3) is 0 Å². The molecule has 0 aliphatic heterocycles. The monoisotopic (exact) mass is 597 g/mol. The van der Waals surface area contributed by atoms with Crippen molar-refractivity contribution in [3.8, 4) is 5.75 Å². The molecule has 2 amide bonds. The summed E-state index contributed by atoms with van der Waals surface area (Å²) in [7, 11) is -2.68. The molecule has 1 atom stereocenters. The highest BCUT2D eigenvalue weighted by Gasteiger charge is 2.33. The van der Waals surface area contributed by atoms with Crippen LogP contribution in [0.4, 0.5) is 5.69 Å². The van der Waals surface area contributed by atoms with Gasteiger partial charge in [-0.3, -0.25) is 13.9 Å². The molecular weight excluding hydrogens is 562 g/mol. The van der Waals surface area contributed by atoms with Crippen LogP contribution in [0.1, 0.15) is 43.7 Å². The zero-order valence-electron chi connectivity index (χ0n) is 23.5. The van der Waals surface area contributed by atoms with Gasteiger partial charge in [-0.2, -0.15) is 0 Å². The quantitative estimate of drug-likeness (QED) is 0.322. The van der Waals surface area contributed by atoms with Crippen LogP contribution in [0, 0.1) is 6.92 Å². The van der Waals surface area contributed by atoms with Gasteiger partial charge in [0.05, 0.1) is 17.7 Å². The third-order valence-corrected chi connectivity index (χ3v) is 9.55. The molecule has 1 fully saturated rings. The van der Waals surface area contributed by atoms with E-state index < -0.39 is 28.5 Å². The minimum Gasteiger partial charge on any atom is -0.497 e. The molecule has 3 aromatic rings. The van der Waals surface area contributed by atoms with Crippen molar-refractivity contribution in [1.29, 1.82) is 0 Å². The van der Waals surface area contributed by atoms with Crippen molar-refractivity contribution in [2.45, 2.75) is 63.1 Å². The van der Waals surface area contributed by atoms with Gasteiger partial charge in [-0.1, -0.05) is 48.7 Å². The Morgan fingerprint density at radius 1 is 1.00 bits per heavy atom. The van der Waals surface area contributed by atoms with E-state index in [2.05, 4.69) is 5.32 Å². The van der Waals surface area contributed by atoms with E-state index in [9.17, 15) is 18.0 Å². The van der Waals surface area contributed by atoms with E-state index in [0.717, 1.165) is 41.1 Å². The molecule has 3 aromatic carbocycles. The summed E-state index contributed by atoms with van der Waals surface area (Å²) in [6.45, 7) is 3.27. The highest BCUT2D eigenvalue weighted by molar-refractivity contribution is 7.92. The van der Waals surface area contributed by atoms with Crippen molar-refractivity contribution in [3.63, 3.8) is 0 Å². The molecule has 0 bridgehead atoms. The Kier molecular flexibility index (Phi) is 9.94. The maximum Gasteiger partial charge on any atom is 0.264 e. The predicted octanol–water partition coefficient (Wildman–Crippen LogP) is 5.33. The van der Waals surface area contributed by atoms with E-state index in [1.54, 1.807) is 43.3 Å². The van der Waals surface area contributed by atoms with Gasteiger partial charge in [-0.15, -0.1) is 0 Å². The molecule has 218 valence electrons. The number of carbonyl (C=O) groups is 2. The Bertz CT molecular complexity index is 1460. The SMILES string of the molecule is COc1ccc(S(=O)(=O)N(CC(=O)N(Cc2ccccc2C)C(C)C(=O)NC2CCCC2)c2ccc(Cl)cc2)cc1. The summed E-state index contributed by atoms with van der Waals surface area (Å²) in [5.74, 6) is -0.256. The largest absolute Gasteiger partial charge is 0.497 e. The lowest BCUT2D eigenvalue weighted by molar-refractivity contribution is -0.139. The number of nitrogens with zero attached hydrogens (tertiary/aromatic N) is 2. The molecule has 1 aliphatic rings. The summed E-state index contributed by atoms with van der Waals surface area (Å²) < 4.78 is 34.1. The number of rotatable bonds is 11. The average molecular weight is 598 g/mol. The molecule has 0 aromatic heterocycles. The van der Waals surface area contributed by atoms with E-state index in [0.29, 0.717) is 10.8 Å². The Labute approximate surface area is 247 Å². The molecule has 1 aliphatic carbocycles. The fourth-order valence-electron chi connectivity index (χ4n) is 4.96. The van der Waals surface area contributed by atoms with Crippen LogP contribution in [0.2, 0.25) is 5.02 Å². The summed E-state index contributed by atoms with van der Waals surface area (Å²) in [5, 5.41) is 3.51. The number of methoxy groups -OCH3 is 1. The first-order chi connectivity index (χ1) is 19.6. The fraction of sp³-hybridized carbons (Fsp3) is 0.355. The number of nitrogens with one attached hydrogen (secondary N) is 1. The maximum absolute atomic E-state index is 14.1. The Balaban J connectivity index is 1.69. The summed E-state index contributed by atoms with van der Waals surface area (Å²) in [6, 6.07) is 19.1. The second-order valence-electron chi connectivity index (χ2n) is 10.3. The number of anilines is 1. The molecular formula is C31H36ClN3O5S. The zero-order chi connectivity index (χ0) is 29.6. The van der Waals surface area contributed by atoms with Gasteiger partial charge in [0.15, 0.2) is 0 Å². The highest BCUT2D eigenvalue weighted by atomic mass is 35.5. The van der Waals surface area contributed by atoms with Crippen molar-refractivity contribution in [1.82, 2.24) is 10.2 Å². The number of carbonyl (C=O) groups excluding carboxylic acids is 2. The lowest BCUT2D eigenvalue weighted by Gasteiger charge is -2.32. The third kappa shape index (κ3) is 7.40. The summed E-state index contributed by atoms with van der Waals surface area (Å²) in [6.07, 6.45) is 3.94. The molecule has 0 saturated heterocycles. The molecule has 41 heavy (non-hydrogen) atoms. The van der Waals surface area contributed by atoms with E-state index in [4.69, 9.17) is 16.3 Å². The number of hydrogen-bond donors (Lipinski definition) is 1. The van der Waals surface area contributed by atoms with Gasteiger partial charge in [-0.05, 0) is 86.3 Å². The van der Waals surface area contributed by atoms with Gasteiger partial charge in [0.25, 0.3) is 10.0 Å². The van der Waals surface area contributed by atoms with E-state index >= 15 is 0 Å². The molecule has 0 heterocycles. The second-order valence-corrected chi connectivity index (χ2v) is 12.6. The van der Waals surface area contributed by atoms with Crippen molar-refractivity contribution in [2.75, 3.05) is 18.0 Å². The smallest absolute Gasteiger partial charge is 0.264 e. The molecule has 0 spiro atoms. The Morgan fingerprint density at radius 2 is 1.63 bits per heavy atom. The van der Waals surface area contributed by atoms with Gasteiger partial charge < -0.3 is 15.0 Å². The summed E-state index contributed by atoms with van der Waals surface area (Å²) in [4.78, 5) is 28.8. The van der Waals surface area contributed by atoms with Crippen molar-refractivity contribution in [2.24, 2.45) is 0 Å². The standard InChI is InChI=1S/C31H36ClN3O5S/c1-22-8-4-5-9-24(22)20-34(23(2)31(37)33-26-10-6-7-11-26)30(36)21-35(27-14-12-25(32)13-15-27)41(38,39)29-18-16-28(40-3)17-19-29/h4-5,8-9,12-19,23,26H,6-7,10-11,20-21H2,1-3H3,(H,33,37). The second kappa shape index (κ2) is 13.4. The number of sulfonamides is 1. The number of ether oxygens (including phenoxy) is 1. The first-order valence-corrected chi connectivity index (χ1v) is 15.5. The first-order valence-electron chi connectivity index (χ1n) is 13.7. The Hall–Kier alpha value is -3.56. The van der Waals surface area contributed by atoms with E-state index in [-0.39, 0.29) is 29.1 Å². The molecule has 1 unspecified atom stereocenters. The van der Waals surface area contributed by atoms with E-state index in [1.807, 2.05) is 31.2 Å².